The van der Waals surface area contributed by atoms with Crippen LogP contribution in [0.3, 0.4) is 0 Å². The molecule has 1 N–H and O–H groups in total. The maximum absolute atomic E-state index is 13.2. The lowest BCUT2D eigenvalue weighted by molar-refractivity contribution is -0.113. The molecule has 0 spiro atoms. The molecular formula is C20H16FN5OS. The molecular weight excluding hydrogens is 377 g/mol. The minimum absolute atomic E-state index is 0.121. The van der Waals surface area contributed by atoms with Crippen molar-refractivity contribution in [3.8, 4) is 17.5 Å². The van der Waals surface area contributed by atoms with Gasteiger partial charge in [0, 0.05) is 17.8 Å². The standard InChI is InChI=1S/C20H16FN5OS/c1-2-10-26-19(15-6-8-16(21)9-7-15)24-25-20(26)28-13-18(27)23-17-5-3-4-14(11-17)12-22/h2-9,11H,1,10,13H2,(H,23,27). The van der Waals surface area contributed by atoms with E-state index in [4.69, 9.17) is 5.26 Å². The van der Waals surface area contributed by atoms with E-state index in [1.54, 1.807) is 42.5 Å². The summed E-state index contributed by atoms with van der Waals surface area (Å²) in [5, 5.41) is 20.6. The molecule has 0 radical (unpaired) electrons. The van der Waals surface area contributed by atoms with Gasteiger partial charge in [0.15, 0.2) is 11.0 Å². The number of thioether (sulfide) groups is 1. The van der Waals surface area contributed by atoms with Crippen LogP contribution in [0.5, 0.6) is 0 Å². The number of nitriles is 1. The van der Waals surface area contributed by atoms with Gasteiger partial charge in [-0.1, -0.05) is 23.9 Å². The minimum Gasteiger partial charge on any atom is -0.325 e. The Morgan fingerprint density at radius 2 is 2.07 bits per heavy atom. The second-order valence-electron chi connectivity index (χ2n) is 5.74. The number of benzene rings is 2. The number of amides is 1. The normalized spacial score (nSPS) is 10.3. The lowest BCUT2D eigenvalue weighted by Crippen LogP contribution is -2.14. The van der Waals surface area contributed by atoms with Crippen LogP contribution < -0.4 is 5.32 Å². The van der Waals surface area contributed by atoms with Gasteiger partial charge in [0.1, 0.15) is 5.82 Å². The van der Waals surface area contributed by atoms with Crippen LogP contribution in [0.25, 0.3) is 11.4 Å². The molecule has 0 unspecified atom stereocenters. The molecule has 0 saturated carbocycles. The average molecular weight is 393 g/mol. The van der Waals surface area contributed by atoms with E-state index in [0.29, 0.717) is 28.8 Å². The van der Waals surface area contributed by atoms with Crippen molar-refractivity contribution in [1.29, 1.82) is 5.26 Å². The number of rotatable bonds is 7. The molecule has 3 rings (SSSR count). The second-order valence-corrected chi connectivity index (χ2v) is 6.68. The Hall–Kier alpha value is -3.44. The summed E-state index contributed by atoms with van der Waals surface area (Å²) in [5.41, 5.74) is 1.75. The van der Waals surface area contributed by atoms with E-state index in [0.717, 1.165) is 5.56 Å². The highest BCUT2D eigenvalue weighted by atomic mass is 32.2. The highest BCUT2D eigenvalue weighted by Crippen LogP contribution is 2.24. The number of halogens is 1. The van der Waals surface area contributed by atoms with Crippen LogP contribution in [0, 0.1) is 17.1 Å². The van der Waals surface area contributed by atoms with Crippen molar-refractivity contribution in [3.63, 3.8) is 0 Å². The zero-order valence-corrected chi connectivity index (χ0v) is 15.6. The molecule has 1 heterocycles. The fourth-order valence-electron chi connectivity index (χ4n) is 2.50. The molecule has 8 heteroatoms. The zero-order chi connectivity index (χ0) is 19.9. The van der Waals surface area contributed by atoms with Crippen molar-refractivity contribution in [2.24, 2.45) is 0 Å². The number of carbonyl (C=O) groups excluding carboxylic acids is 1. The maximum atomic E-state index is 13.2. The third-order valence-corrected chi connectivity index (χ3v) is 4.71. The van der Waals surface area contributed by atoms with Gasteiger partial charge >= 0.3 is 0 Å². The molecule has 140 valence electrons. The Kier molecular flexibility index (Phi) is 6.19. The van der Waals surface area contributed by atoms with Crippen molar-refractivity contribution < 1.29 is 9.18 Å². The number of hydrogen-bond donors (Lipinski definition) is 1. The van der Waals surface area contributed by atoms with Crippen LogP contribution >= 0.6 is 11.8 Å². The molecule has 0 saturated heterocycles. The Balaban J connectivity index is 1.71. The number of carbonyl (C=O) groups is 1. The first-order valence-corrected chi connectivity index (χ1v) is 9.32. The van der Waals surface area contributed by atoms with Crippen molar-refractivity contribution in [3.05, 3.63) is 72.6 Å². The fourth-order valence-corrected chi connectivity index (χ4v) is 3.24. The van der Waals surface area contributed by atoms with Crippen LogP contribution in [0.1, 0.15) is 5.56 Å². The highest BCUT2D eigenvalue weighted by Gasteiger charge is 2.15. The second kappa shape index (κ2) is 8.97. The molecule has 0 aliphatic carbocycles. The number of aromatic nitrogens is 3. The number of anilines is 1. The molecule has 3 aromatic rings. The monoisotopic (exact) mass is 393 g/mol. The maximum Gasteiger partial charge on any atom is 0.234 e. The zero-order valence-electron chi connectivity index (χ0n) is 14.8. The smallest absolute Gasteiger partial charge is 0.234 e. The van der Waals surface area contributed by atoms with Gasteiger partial charge in [0.25, 0.3) is 0 Å². The average Bonchev–Trinajstić information content (AvgIpc) is 3.10. The van der Waals surface area contributed by atoms with E-state index in [9.17, 15) is 9.18 Å². The van der Waals surface area contributed by atoms with Crippen molar-refractivity contribution in [2.75, 3.05) is 11.1 Å². The van der Waals surface area contributed by atoms with Gasteiger partial charge in [-0.25, -0.2) is 4.39 Å². The Labute approximate surface area is 165 Å². The predicted octanol–water partition coefficient (Wildman–Crippen LogP) is 3.87. The first-order chi connectivity index (χ1) is 13.6. The summed E-state index contributed by atoms with van der Waals surface area (Å²) >= 11 is 1.23. The van der Waals surface area contributed by atoms with Crippen LogP contribution in [0.15, 0.2) is 66.3 Å². The first kappa shape index (κ1) is 19.3. The van der Waals surface area contributed by atoms with E-state index >= 15 is 0 Å². The van der Waals surface area contributed by atoms with E-state index < -0.39 is 0 Å². The summed E-state index contributed by atoms with van der Waals surface area (Å²) < 4.78 is 15.0. The van der Waals surface area contributed by atoms with Crippen molar-refractivity contribution >= 4 is 23.4 Å². The van der Waals surface area contributed by atoms with Gasteiger partial charge in [-0.3, -0.25) is 9.36 Å². The van der Waals surface area contributed by atoms with Crippen LogP contribution in [0.4, 0.5) is 10.1 Å². The largest absolute Gasteiger partial charge is 0.325 e. The highest BCUT2D eigenvalue weighted by molar-refractivity contribution is 7.99. The molecule has 0 bridgehead atoms. The predicted molar refractivity (Wildman–Crippen MR) is 106 cm³/mol. The molecule has 0 atom stereocenters. The van der Waals surface area contributed by atoms with Gasteiger partial charge in [0.2, 0.25) is 5.91 Å². The van der Waals surface area contributed by atoms with Gasteiger partial charge < -0.3 is 5.32 Å². The fraction of sp³-hybridized carbons (Fsp3) is 0.100. The van der Waals surface area contributed by atoms with Crippen LogP contribution in [0.2, 0.25) is 0 Å². The summed E-state index contributed by atoms with van der Waals surface area (Å²) in [6, 6.07) is 14.7. The molecule has 1 aromatic heterocycles. The molecule has 0 aliphatic heterocycles. The van der Waals surface area contributed by atoms with E-state index in [2.05, 4.69) is 22.1 Å². The van der Waals surface area contributed by atoms with Crippen LogP contribution in [-0.2, 0) is 11.3 Å². The van der Waals surface area contributed by atoms with E-state index in [1.165, 1.54) is 23.9 Å². The molecule has 2 aromatic carbocycles. The van der Waals surface area contributed by atoms with E-state index in [-0.39, 0.29) is 17.5 Å². The quantitative estimate of drug-likeness (QED) is 0.487. The third-order valence-electron chi connectivity index (χ3n) is 3.74. The molecule has 6 nitrogen and oxygen atoms in total. The molecule has 1 amide bonds. The third kappa shape index (κ3) is 4.64. The van der Waals surface area contributed by atoms with Gasteiger partial charge in [-0.15, -0.1) is 16.8 Å². The lowest BCUT2D eigenvalue weighted by atomic mass is 10.2. The number of nitrogens with zero attached hydrogens (tertiary/aromatic N) is 4. The van der Waals surface area contributed by atoms with Crippen LogP contribution in [-0.4, -0.2) is 26.4 Å². The summed E-state index contributed by atoms with van der Waals surface area (Å²) in [6.45, 7) is 4.19. The van der Waals surface area contributed by atoms with Gasteiger partial charge in [-0.2, -0.15) is 5.26 Å². The summed E-state index contributed by atoms with van der Waals surface area (Å²) in [7, 11) is 0. The minimum atomic E-state index is -0.328. The van der Waals surface area contributed by atoms with Gasteiger partial charge in [0.05, 0.1) is 17.4 Å². The Bertz CT molecular complexity index is 1040. The van der Waals surface area contributed by atoms with Gasteiger partial charge in [-0.05, 0) is 42.5 Å². The van der Waals surface area contributed by atoms with Crippen molar-refractivity contribution in [1.82, 2.24) is 14.8 Å². The summed E-state index contributed by atoms with van der Waals surface area (Å²) in [5.74, 6) is 0.140. The van der Waals surface area contributed by atoms with E-state index in [1.807, 2.05) is 10.6 Å². The Morgan fingerprint density at radius 3 is 2.79 bits per heavy atom. The number of allylic oxidation sites excluding steroid dienone is 1. The number of hydrogen-bond acceptors (Lipinski definition) is 5. The summed E-state index contributed by atoms with van der Waals surface area (Å²) in [4.78, 5) is 12.2. The topological polar surface area (TPSA) is 83.6 Å². The number of nitrogens with one attached hydrogen (secondary N) is 1. The molecule has 28 heavy (non-hydrogen) atoms. The molecule has 0 aliphatic rings. The SMILES string of the molecule is C=CCn1c(SCC(=O)Nc2cccc(C#N)c2)nnc1-c1ccc(F)cc1. The lowest BCUT2D eigenvalue weighted by Gasteiger charge is -2.08. The summed E-state index contributed by atoms with van der Waals surface area (Å²) in [6.07, 6.45) is 1.70. The molecule has 0 fully saturated rings. The Morgan fingerprint density at radius 1 is 1.29 bits per heavy atom. The van der Waals surface area contributed by atoms with Crippen molar-refractivity contribution in [2.45, 2.75) is 11.7 Å². The first-order valence-electron chi connectivity index (χ1n) is 8.33.